The summed E-state index contributed by atoms with van der Waals surface area (Å²) in [4.78, 5) is 26.8. The lowest BCUT2D eigenvalue weighted by Crippen LogP contribution is -2.48. The summed E-state index contributed by atoms with van der Waals surface area (Å²) < 4.78 is 10.8. The first-order valence-corrected chi connectivity index (χ1v) is 9.21. The van der Waals surface area contributed by atoms with Crippen LogP contribution in [0.3, 0.4) is 0 Å². The lowest BCUT2D eigenvalue weighted by Gasteiger charge is -2.43. The van der Waals surface area contributed by atoms with Crippen LogP contribution in [-0.4, -0.2) is 36.0 Å². The van der Waals surface area contributed by atoms with Gasteiger partial charge in [0.05, 0.1) is 12.0 Å². The maximum absolute atomic E-state index is 13.1. The highest BCUT2D eigenvalue weighted by Crippen LogP contribution is 2.45. The Balaban J connectivity index is 1.86. The molecule has 140 valence electrons. The Morgan fingerprint density at radius 1 is 1.19 bits per heavy atom. The highest BCUT2D eigenvalue weighted by atomic mass is 35.5. The topological polar surface area (TPSA) is 78.9 Å². The van der Waals surface area contributed by atoms with Crippen LogP contribution in [0.25, 0.3) is 0 Å². The third kappa shape index (κ3) is 3.00. The van der Waals surface area contributed by atoms with E-state index in [1.54, 1.807) is 47.4 Å². The smallest absolute Gasteiger partial charge is 0.254 e. The van der Waals surface area contributed by atoms with Crippen LogP contribution in [0.5, 0.6) is 11.5 Å². The molecule has 7 heteroatoms. The van der Waals surface area contributed by atoms with Gasteiger partial charge in [0.1, 0.15) is 0 Å². The molecule has 0 N–H and O–H groups in total. The molecule has 6 nitrogen and oxygen atoms in total. The summed E-state index contributed by atoms with van der Waals surface area (Å²) in [6.07, 6.45) is 0.552. The molecule has 2 aliphatic heterocycles. The molecule has 2 heterocycles. The maximum atomic E-state index is 13.1. The third-order valence-corrected chi connectivity index (χ3v) is 5.23. The largest absolute Gasteiger partial charge is 0.549 e. The Morgan fingerprint density at radius 3 is 2.74 bits per heavy atom. The van der Waals surface area contributed by atoms with Crippen molar-refractivity contribution in [1.29, 1.82) is 0 Å². The average molecular weight is 387 g/mol. The van der Waals surface area contributed by atoms with E-state index in [0.717, 1.165) is 0 Å². The third-order valence-electron chi connectivity index (χ3n) is 4.96. The molecule has 2 aromatic rings. The van der Waals surface area contributed by atoms with E-state index >= 15 is 0 Å². The van der Waals surface area contributed by atoms with Crippen molar-refractivity contribution in [1.82, 2.24) is 4.90 Å². The van der Waals surface area contributed by atoms with Gasteiger partial charge in [0.25, 0.3) is 5.91 Å². The number of aliphatic carboxylic acids is 1. The van der Waals surface area contributed by atoms with Crippen molar-refractivity contribution in [2.45, 2.75) is 18.4 Å². The second kappa shape index (κ2) is 7.12. The van der Waals surface area contributed by atoms with Gasteiger partial charge in [0.15, 0.2) is 11.5 Å². The van der Waals surface area contributed by atoms with Crippen LogP contribution in [0.1, 0.15) is 39.9 Å². The predicted octanol–water partition coefficient (Wildman–Crippen LogP) is 2.07. The average Bonchev–Trinajstić information content (AvgIpc) is 3.14. The molecule has 27 heavy (non-hydrogen) atoms. The molecule has 0 saturated carbocycles. The zero-order chi connectivity index (χ0) is 19.0. The van der Waals surface area contributed by atoms with E-state index < -0.39 is 17.9 Å². The quantitative estimate of drug-likeness (QED) is 0.735. The monoisotopic (exact) mass is 386 g/mol. The number of halogens is 1. The molecule has 2 aliphatic rings. The summed E-state index contributed by atoms with van der Waals surface area (Å²) in [6, 6.07) is 11.3. The van der Waals surface area contributed by atoms with Crippen molar-refractivity contribution in [3.63, 3.8) is 0 Å². The van der Waals surface area contributed by atoms with Gasteiger partial charge in [-0.3, -0.25) is 4.79 Å². The van der Waals surface area contributed by atoms with Crippen molar-refractivity contribution in [3.05, 3.63) is 59.2 Å². The van der Waals surface area contributed by atoms with Crippen molar-refractivity contribution in [2.24, 2.45) is 0 Å². The zero-order valence-electron chi connectivity index (χ0n) is 14.4. The van der Waals surface area contributed by atoms with Crippen molar-refractivity contribution in [3.8, 4) is 11.5 Å². The summed E-state index contributed by atoms with van der Waals surface area (Å²) in [5, 5.41) is 12.1. The standard InChI is InChI=1S/C20H18ClNO5/c21-8-3-9-22-18(12-6-7-15-16(10-12)27-11-26-15)17(20(24)25)13-4-1-2-5-14(13)19(22)23/h1-2,4-7,10,17-18H,3,8-9,11H2,(H,24,25)/p-1/t17-,18-/m0/s1. The zero-order valence-corrected chi connectivity index (χ0v) is 15.1. The molecule has 0 unspecified atom stereocenters. The number of ether oxygens (including phenoxy) is 2. The lowest BCUT2D eigenvalue weighted by molar-refractivity contribution is -0.309. The van der Waals surface area contributed by atoms with Gasteiger partial charge >= 0.3 is 0 Å². The van der Waals surface area contributed by atoms with Crippen molar-refractivity contribution in [2.75, 3.05) is 19.2 Å². The number of fused-ring (bicyclic) bond motifs is 2. The number of carbonyl (C=O) groups excluding carboxylic acids is 2. The van der Waals surface area contributed by atoms with Gasteiger partial charge < -0.3 is 24.3 Å². The molecular weight excluding hydrogens is 370 g/mol. The van der Waals surface area contributed by atoms with E-state index in [2.05, 4.69) is 0 Å². The molecule has 0 bridgehead atoms. The number of carboxylic acid groups (broad SMARTS) is 1. The molecule has 4 rings (SSSR count). The van der Waals surface area contributed by atoms with Gasteiger partial charge in [-0.1, -0.05) is 24.3 Å². The van der Waals surface area contributed by atoms with Gasteiger partial charge in [-0.2, -0.15) is 0 Å². The minimum Gasteiger partial charge on any atom is -0.549 e. The molecule has 0 spiro atoms. The Kier molecular flexibility index (Phi) is 4.66. The fourth-order valence-corrected chi connectivity index (χ4v) is 3.91. The normalized spacial score (nSPS) is 20.5. The summed E-state index contributed by atoms with van der Waals surface area (Å²) in [6.45, 7) is 0.463. The highest BCUT2D eigenvalue weighted by Gasteiger charge is 2.41. The van der Waals surface area contributed by atoms with Gasteiger partial charge in [-0.05, 0) is 35.7 Å². The summed E-state index contributed by atoms with van der Waals surface area (Å²) in [5.74, 6) is -0.930. The van der Waals surface area contributed by atoms with Gasteiger partial charge in [-0.25, -0.2) is 0 Å². The molecule has 0 saturated heterocycles. The van der Waals surface area contributed by atoms with Crippen molar-refractivity contribution >= 4 is 23.5 Å². The fraction of sp³-hybridized carbons (Fsp3) is 0.300. The molecule has 1 amide bonds. The number of alkyl halides is 1. The molecular formula is C20H17ClNO5-. The minimum atomic E-state index is -1.23. The van der Waals surface area contributed by atoms with E-state index in [1.165, 1.54) is 0 Å². The minimum absolute atomic E-state index is 0.116. The number of amides is 1. The fourth-order valence-electron chi connectivity index (χ4n) is 3.79. The Hall–Kier alpha value is -2.73. The number of hydrogen-bond acceptors (Lipinski definition) is 5. The van der Waals surface area contributed by atoms with Crippen LogP contribution in [0.2, 0.25) is 0 Å². The van der Waals surface area contributed by atoms with Crippen LogP contribution in [-0.2, 0) is 4.79 Å². The first-order chi connectivity index (χ1) is 13.1. The maximum Gasteiger partial charge on any atom is 0.254 e. The number of benzene rings is 2. The SMILES string of the molecule is O=C([O-])[C@H]1c2ccccc2C(=O)N(CCCCl)[C@H]1c1ccc2c(c1)OCO2. The number of rotatable bonds is 5. The summed E-state index contributed by atoms with van der Waals surface area (Å²) in [5.41, 5.74) is 1.51. The second-order valence-corrected chi connectivity index (χ2v) is 6.86. The number of carboxylic acids is 1. The predicted molar refractivity (Wildman–Crippen MR) is 95.9 cm³/mol. The van der Waals surface area contributed by atoms with E-state index in [4.69, 9.17) is 21.1 Å². The van der Waals surface area contributed by atoms with Gasteiger partial charge in [-0.15, -0.1) is 11.6 Å². The van der Waals surface area contributed by atoms with E-state index in [1.807, 2.05) is 0 Å². The summed E-state index contributed by atoms with van der Waals surface area (Å²) in [7, 11) is 0. The first kappa shape index (κ1) is 17.7. The molecule has 0 aromatic heterocycles. The summed E-state index contributed by atoms with van der Waals surface area (Å²) >= 11 is 5.83. The molecule has 2 aromatic carbocycles. The molecule has 2 atom stereocenters. The lowest BCUT2D eigenvalue weighted by atomic mass is 9.79. The van der Waals surface area contributed by atoms with Crippen LogP contribution in [0.15, 0.2) is 42.5 Å². The second-order valence-electron chi connectivity index (χ2n) is 6.48. The first-order valence-electron chi connectivity index (χ1n) is 8.68. The molecule has 0 fully saturated rings. The number of nitrogens with zero attached hydrogens (tertiary/aromatic N) is 1. The van der Waals surface area contributed by atoms with E-state index in [0.29, 0.717) is 47.0 Å². The molecule has 0 aliphatic carbocycles. The van der Waals surface area contributed by atoms with Crippen LogP contribution in [0.4, 0.5) is 0 Å². The van der Waals surface area contributed by atoms with E-state index in [-0.39, 0.29) is 12.7 Å². The van der Waals surface area contributed by atoms with Crippen molar-refractivity contribution < 1.29 is 24.2 Å². The Bertz CT molecular complexity index is 900. The Labute approximate surface area is 161 Å². The van der Waals surface area contributed by atoms with Gasteiger partial charge in [0, 0.05) is 23.9 Å². The molecule has 0 radical (unpaired) electrons. The Morgan fingerprint density at radius 2 is 1.96 bits per heavy atom. The van der Waals surface area contributed by atoms with Crippen LogP contribution >= 0.6 is 11.6 Å². The van der Waals surface area contributed by atoms with E-state index in [9.17, 15) is 14.7 Å². The van der Waals surface area contributed by atoms with Gasteiger partial charge in [0.2, 0.25) is 6.79 Å². The highest BCUT2D eigenvalue weighted by molar-refractivity contribution is 6.17. The van der Waals surface area contributed by atoms with Crippen LogP contribution in [0, 0.1) is 0 Å². The van der Waals surface area contributed by atoms with Crippen LogP contribution < -0.4 is 14.6 Å². The number of carbonyl (C=O) groups is 2. The number of hydrogen-bond donors (Lipinski definition) is 0.